The number of methoxy groups -OCH3 is 1. The summed E-state index contributed by atoms with van der Waals surface area (Å²) in [4.78, 5) is 4.15. The molecule has 0 aliphatic rings. The predicted octanol–water partition coefficient (Wildman–Crippen LogP) is 4.18. The molecule has 1 aromatic heterocycles. The first-order chi connectivity index (χ1) is 10.2. The van der Waals surface area contributed by atoms with Crippen LogP contribution in [0, 0.1) is 0 Å². The first kappa shape index (κ1) is 15.6. The van der Waals surface area contributed by atoms with Gasteiger partial charge in [-0.2, -0.15) is 0 Å². The van der Waals surface area contributed by atoms with Crippen LogP contribution in [0.15, 0.2) is 24.3 Å². The number of halogens is 2. The minimum atomic E-state index is -2.58. The summed E-state index contributed by atoms with van der Waals surface area (Å²) in [6, 6.07) is 7.19. The smallest absolute Gasteiger partial charge is 0.280 e. The zero-order chi connectivity index (χ0) is 15.2. The third-order valence-electron chi connectivity index (χ3n) is 3.31. The summed E-state index contributed by atoms with van der Waals surface area (Å²) in [5.74, 6) is 0. The van der Waals surface area contributed by atoms with Crippen molar-refractivity contribution in [1.82, 2.24) is 4.98 Å². The number of hydrogen-bond donors (Lipinski definition) is 1. The number of para-hydroxylation sites is 1. The normalized spacial score (nSPS) is 11.3. The summed E-state index contributed by atoms with van der Waals surface area (Å²) in [7, 11) is 1.62. The van der Waals surface area contributed by atoms with E-state index in [0.29, 0.717) is 18.5 Å². The van der Waals surface area contributed by atoms with E-state index in [9.17, 15) is 8.78 Å². The van der Waals surface area contributed by atoms with Gasteiger partial charge < -0.3 is 10.1 Å². The van der Waals surface area contributed by atoms with E-state index in [1.807, 2.05) is 25.1 Å². The van der Waals surface area contributed by atoms with Crippen LogP contribution in [0.2, 0.25) is 0 Å². The van der Waals surface area contributed by atoms with E-state index in [-0.39, 0.29) is 5.69 Å². The van der Waals surface area contributed by atoms with Crippen molar-refractivity contribution in [2.24, 2.45) is 0 Å². The number of nitrogens with zero attached hydrogens (tertiary/aromatic N) is 1. The van der Waals surface area contributed by atoms with Crippen molar-refractivity contribution in [1.29, 1.82) is 0 Å². The summed E-state index contributed by atoms with van der Waals surface area (Å²) in [6.45, 7) is 3.32. The van der Waals surface area contributed by atoms with Crippen molar-refractivity contribution in [2.45, 2.75) is 26.2 Å². The van der Waals surface area contributed by atoms with Gasteiger partial charge >= 0.3 is 0 Å². The Hall–Kier alpha value is -1.75. The highest BCUT2D eigenvalue weighted by molar-refractivity contribution is 5.93. The lowest BCUT2D eigenvalue weighted by atomic mass is 10.0. The topological polar surface area (TPSA) is 34.2 Å². The third-order valence-corrected chi connectivity index (χ3v) is 3.31. The molecule has 1 aromatic carbocycles. The SMILES string of the molecule is CCCNc1cc(C(F)F)nc2c(CCOC)cccc12. The first-order valence-corrected chi connectivity index (χ1v) is 7.10. The number of fused-ring (bicyclic) bond motifs is 1. The number of benzene rings is 1. The zero-order valence-corrected chi connectivity index (χ0v) is 12.3. The maximum absolute atomic E-state index is 13.1. The second-order valence-electron chi connectivity index (χ2n) is 4.88. The highest BCUT2D eigenvalue weighted by Crippen LogP contribution is 2.29. The van der Waals surface area contributed by atoms with Crippen LogP contribution in [0.3, 0.4) is 0 Å². The van der Waals surface area contributed by atoms with Crippen LogP contribution in [0.25, 0.3) is 10.9 Å². The van der Waals surface area contributed by atoms with E-state index >= 15 is 0 Å². The maximum Gasteiger partial charge on any atom is 0.280 e. The van der Waals surface area contributed by atoms with Gasteiger partial charge in [0.1, 0.15) is 5.69 Å². The molecule has 5 heteroatoms. The van der Waals surface area contributed by atoms with Gasteiger partial charge in [0.2, 0.25) is 0 Å². The highest BCUT2D eigenvalue weighted by Gasteiger charge is 2.15. The summed E-state index contributed by atoms with van der Waals surface area (Å²) < 4.78 is 31.2. The second-order valence-corrected chi connectivity index (χ2v) is 4.88. The minimum absolute atomic E-state index is 0.189. The monoisotopic (exact) mass is 294 g/mol. The van der Waals surface area contributed by atoms with Crippen molar-refractivity contribution in [3.8, 4) is 0 Å². The largest absolute Gasteiger partial charge is 0.384 e. The Bertz CT molecular complexity index is 602. The molecule has 1 heterocycles. The molecule has 0 aliphatic carbocycles. The molecule has 0 atom stereocenters. The fourth-order valence-corrected chi connectivity index (χ4v) is 2.26. The maximum atomic E-state index is 13.1. The number of hydrogen-bond acceptors (Lipinski definition) is 3. The van der Waals surface area contributed by atoms with Gasteiger partial charge in [0.15, 0.2) is 0 Å². The van der Waals surface area contributed by atoms with Crippen LogP contribution < -0.4 is 5.32 Å². The van der Waals surface area contributed by atoms with E-state index in [2.05, 4.69) is 10.3 Å². The molecular formula is C16H20F2N2O. The Labute approximate surface area is 123 Å². The van der Waals surface area contributed by atoms with Gasteiger partial charge in [-0.1, -0.05) is 25.1 Å². The molecule has 0 aliphatic heterocycles. The molecular weight excluding hydrogens is 274 g/mol. The van der Waals surface area contributed by atoms with Gasteiger partial charge in [-0.25, -0.2) is 13.8 Å². The molecule has 3 nitrogen and oxygen atoms in total. The number of anilines is 1. The predicted molar refractivity (Wildman–Crippen MR) is 81.1 cm³/mol. The summed E-state index contributed by atoms with van der Waals surface area (Å²) in [5.41, 5.74) is 2.09. The average molecular weight is 294 g/mol. The third kappa shape index (κ3) is 3.67. The van der Waals surface area contributed by atoms with Crippen LogP contribution in [0.4, 0.5) is 14.5 Å². The molecule has 0 radical (unpaired) electrons. The Morgan fingerprint density at radius 3 is 2.81 bits per heavy atom. The van der Waals surface area contributed by atoms with Gasteiger partial charge in [0.25, 0.3) is 6.43 Å². The Morgan fingerprint density at radius 1 is 1.33 bits per heavy atom. The summed E-state index contributed by atoms with van der Waals surface area (Å²) >= 11 is 0. The fraction of sp³-hybridized carbons (Fsp3) is 0.438. The molecule has 0 fully saturated rings. The van der Waals surface area contributed by atoms with Gasteiger partial charge in [-0.3, -0.25) is 0 Å². The standard InChI is InChI=1S/C16H20F2N2O/c1-3-8-19-13-10-14(16(17)18)20-15-11(7-9-21-2)5-4-6-12(13)15/h4-6,10,16H,3,7-9H2,1-2H3,(H,19,20). The number of pyridine rings is 1. The fourth-order valence-electron chi connectivity index (χ4n) is 2.26. The van der Waals surface area contributed by atoms with Gasteiger partial charge in [-0.05, 0) is 24.5 Å². The molecule has 0 saturated carbocycles. The molecule has 114 valence electrons. The van der Waals surface area contributed by atoms with Gasteiger partial charge in [0, 0.05) is 24.7 Å². The number of ether oxygens (including phenoxy) is 1. The number of nitrogens with one attached hydrogen (secondary N) is 1. The lowest BCUT2D eigenvalue weighted by Crippen LogP contribution is -2.05. The quantitative estimate of drug-likeness (QED) is 0.831. The second kappa shape index (κ2) is 7.31. The van der Waals surface area contributed by atoms with Crippen LogP contribution in [0.1, 0.15) is 31.0 Å². The molecule has 0 amide bonds. The summed E-state index contributed by atoms with van der Waals surface area (Å²) in [5, 5.41) is 4.09. The molecule has 0 unspecified atom stereocenters. The van der Waals surface area contributed by atoms with E-state index in [0.717, 1.165) is 29.6 Å². The zero-order valence-electron chi connectivity index (χ0n) is 12.3. The van der Waals surface area contributed by atoms with E-state index in [1.165, 1.54) is 6.07 Å². The molecule has 0 saturated heterocycles. The van der Waals surface area contributed by atoms with Crippen LogP contribution >= 0.6 is 0 Å². The van der Waals surface area contributed by atoms with Crippen molar-refractivity contribution in [3.05, 3.63) is 35.5 Å². The highest BCUT2D eigenvalue weighted by atomic mass is 19.3. The molecule has 0 spiro atoms. The Kier molecular flexibility index (Phi) is 5.44. The minimum Gasteiger partial charge on any atom is -0.384 e. The van der Waals surface area contributed by atoms with Crippen molar-refractivity contribution < 1.29 is 13.5 Å². The summed E-state index contributed by atoms with van der Waals surface area (Å²) in [6.07, 6.45) is -0.996. The molecule has 2 aromatic rings. The van der Waals surface area contributed by atoms with Gasteiger partial charge in [-0.15, -0.1) is 0 Å². The number of rotatable bonds is 7. The lowest BCUT2D eigenvalue weighted by molar-refractivity contribution is 0.146. The van der Waals surface area contributed by atoms with Crippen LogP contribution in [-0.2, 0) is 11.2 Å². The number of alkyl halides is 2. The van der Waals surface area contributed by atoms with Gasteiger partial charge in [0.05, 0.1) is 12.1 Å². The Balaban J connectivity index is 2.54. The van der Waals surface area contributed by atoms with E-state index in [1.54, 1.807) is 7.11 Å². The van der Waals surface area contributed by atoms with E-state index < -0.39 is 6.43 Å². The van der Waals surface area contributed by atoms with Crippen molar-refractivity contribution in [2.75, 3.05) is 25.6 Å². The molecule has 0 bridgehead atoms. The Morgan fingerprint density at radius 2 is 2.14 bits per heavy atom. The van der Waals surface area contributed by atoms with Crippen LogP contribution in [-0.4, -0.2) is 25.2 Å². The van der Waals surface area contributed by atoms with Crippen molar-refractivity contribution in [3.63, 3.8) is 0 Å². The number of aromatic nitrogens is 1. The molecule has 1 N–H and O–H groups in total. The lowest BCUT2D eigenvalue weighted by Gasteiger charge is -2.13. The average Bonchev–Trinajstić information content (AvgIpc) is 2.50. The van der Waals surface area contributed by atoms with Crippen LogP contribution in [0.5, 0.6) is 0 Å². The molecule has 21 heavy (non-hydrogen) atoms. The molecule has 2 rings (SSSR count). The van der Waals surface area contributed by atoms with Crippen molar-refractivity contribution >= 4 is 16.6 Å². The first-order valence-electron chi connectivity index (χ1n) is 7.10. The van der Waals surface area contributed by atoms with E-state index in [4.69, 9.17) is 4.74 Å².